The molecule has 2 aliphatic heterocycles. The fourth-order valence-electron chi connectivity index (χ4n) is 3.23. The van der Waals surface area contributed by atoms with Gasteiger partial charge in [-0.25, -0.2) is 9.97 Å². The molecule has 2 aromatic rings. The number of fused-ring (bicyclic) bond motifs is 2. The monoisotopic (exact) mass is 442 g/mol. The van der Waals surface area contributed by atoms with E-state index in [2.05, 4.69) is 9.97 Å². The van der Waals surface area contributed by atoms with Crippen molar-refractivity contribution in [3.05, 3.63) is 30.0 Å². The average molecular weight is 442 g/mol. The highest BCUT2D eigenvalue weighted by molar-refractivity contribution is 7.99. The molecule has 0 aliphatic carbocycles. The van der Waals surface area contributed by atoms with Crippen molar-refractivity contribution < 1.29 is 36.9 Å². The van der Waals surface area contributed by atoms with Gasteiger partial charge in [0.05, 0.1) is 32.6 Å². The highest BCUT2D eigenvalue weighted by Crippen LogP contribution is 2.39. The Morgan fingerprint density at radius 3 is 2.60 bits per heavy atom. The molecule has 3 heterocycles. The third-order valence-corrected chi connectivity index (χ3v) is 5.89. The standard InChI is InChI=1S/C19H17F3N2O5S/c1-26-12-4-3-9(5-13(12)27-2)10-6-16(19(20,21)22)24-18(23-10)30-15-7-11(25)17-28-8-14(15)29-17/h3-6,14-15,17H,7-8H2,1-2H3. The highest BCUT2D eigenvalue weighted by Gasteiger charge is 2.44. The molecule has 2 aliphatic rings. The van der Waals surface area contributed by atoms with Gasteiger partial charge in [-0.3, -0.25) is 4.79 Å². The van der Waals surface area contributed by atoms with Crippen LogP contribution in [0.1, 0.15) is 12.1 Å². The first-order chi connectivity index (χ1) is 14.3. The number of carbonyl (C=O) groups is 1. The number of thioether (sulfide) groups is 1. The summed E-state index contributed by atoms with van der Waals surface area (Å²) in [5, 5.41) is -0.528. The van der Waals surface area contributed by atoms with Crippen LogP contribution in [0.5, 0.6) is 11.5 Å². The van der Waals surface area contributed by atoms with E-state index in [9.17, 15) is 18.0 Å². The van der Waals surface area contributed by atoms with Crippen LogP contribution in [-0.2, 0) is 20.4 Å². The van der Waals surface area contributed by atoms with Gasteiger partial charge in [-0.1, -0.05) is 11.8 Å². The molecule has 0 radical (unpaired) electrons. The summed E-state index contributed by atoms with van der Waals surface area (Å²) in [6.07, 6.45) is -5.83. The maximum atomic E-state index is 13.5. The van der Waals surface area contributed by atoms with E-state index in [-0.39, 0.29) is 29.7 Å². The highest BCUT2D eigenvalue weighted by atomic mass is 32.2. The third kappa shape index (κ3) is 4.09. The van der Waals surface area contributed by atoms with E-state index < -0.39 is 29.5 Å². The summed E-state index contributed by atoms with van der Waals surface area (Å²) in [5.74, 6) is 0.555. The largest absolute Gasteiger partial charge is 0.493 e. The van der Waals surface area contributed by atoms with Crippen LogP contribution in [0.25, 0.3) is 11.3 Å². The molecule has 0 saturated carbocycles. The van der Waals surface area contributed by atoms with Crippen molar-refractivity contribution in [2.24, 2.45) is 0 Å². The van der Waals surface area contributed by atoms with Crippen molar-refractivity contribution in [3.8, 4) is 22.8 Å². The predicted octanol–water partition coefficient (Wildman–Crippen LogP) is 3.35. The van der Waals surface area contributed by atoms with E-state index in [4.69, 9.17) is 18.9 Å². The lowest BCUT2D eigenvalue weighted by Crippen LogP contribution is -2.37. The maximum absolute atomic E-state index is 13.5. The number of carbonyl (C=O) groups excluding carboxylic acids is 1. The number of ketones is 1. The molecule has 11 heteroatoms. The molecule has 0 N–H and O–H groups in total. The van der Waals surface area contributed by atoms with Crippen LogP contribution in [0, 0.1) is 0 Å². The fraction of sp³-hybridized carbons (Fsp3) is 0.421. The zero-order chi connectivity index (χ0) is 21.5. The van der Waals surface area contributed by atoms with Crippen LogP contribution in [0.15, 0.2) is 29.4 Å². The molecule has 1 aromatic carbocycles. The minimum atomic E-state index is -4.66. The van der Waals surface area contributed by atoms with E-state index in [1.807, 2.05) is 0 Å². The summed E-state index contributed by atoms with van der Waals surface area (Å²) in [7, 11) is 2.89. The molecule has 3 unspecified atom stereocenters. The van der Waals surface area contributed by atoms with Gasteiger partial charge in [-0.15, -0.1) is 0 Å². The van der Waals surface area contributed by atoms with Crippen LogP contribution in [0.3, 0.4) is 0 Å². The Balaban J connectivity index is 1.70. The summed E-state index contributed by atoms with van der Waals surface area (Å²) in [5.41, 5.74) is -0.597. The third-order valence-electron chi connectivity index (χ3n) is 4.72. The number of rotatable bonds is 5. The topological polar surface area (TPSA) is 79.8 Å². The molecule has 2 bridgehead atoms. The molecule has 30 heavy (non-hydrogen) atoms. The zero-order valence-electron chi connectivity index (χ0n) is 15.9. The van der Waals surface area contributed by atoms with Gasteiger partial charge in [0, 0.05) is 17.2 Å². The number of hydrogen-bond acceptors (Lipinski definition) is 8. The maximum Gasteiger partial charge on any atom is 0.433 e. The van der Waals surface area contributed by atoms with Crippen molar-refractivity contribution >= 4 is 17.5 Å². The quantitative estimate of drug-likeness (QED) is 0.653. The van der Waals surface area contributed by atoms with Crippen LogP contribution in [0.4, 0.5) is 13.2 Å². The van der Waals surface area contributed by atoms with Crippen LogP contribution >= 0.6 is 11.8 Å². The van der Waals surface area contributed by atoms with Crippen molar-refractivity contribution in [1.29, 1.82) is 0 Å². The summed E-state index contributed by atoms with van der Waals surface area (Å²) in [6, 6.07) is 5.59. The number of halogens is 3. The first-order valence-corrected chi connectivity index (χ1v) is 9.81. The Hall–Kier alpha value is -2.37. The van der Waals surface area contributed by atoms with Gasteiger partial charge in [0.25, 0.3) is 0 Å². The zero-order valence-corrected chi connectivity index (χ0v) is 16.7. The van der Waals surface area contributed by atoms with Gasteiger partial charge in [0.2, 0.25) is 6.29 Å². The van der Waals surface area contributed by atoms with Crippen molar-refractivity contribution in [2.45, 2.75) is 35.4 Å². The molecule has 7 nitrogen and oxygen atoms in total. The van der Waals surface area contributed by atoms with Crippen LogP contribution < -0.4 is 9.47 Å². The number of nitrogens with zero attached hydrogens (tertiary/aromatic N) is 2. The van der Waals surface area contributed by atoms with Gasteiger partial charge >= 0.3 is 6.18 Å². The molecule has 2 fully saturated rings. The van der Waals surface area contributed by atoms with Crippen LogP contribution in [0.2, 0.25) is 0 Å². The number of ether oxygens (including phenoxy) is 4. The number of Topliss-reactive ketones (excluding diaryl/α,β-unsaturated/α-hetero) is 1. The van der Waals surface area contributed by atoms with E-state index in [0.29, 0.717) is 17.1 Å². The van der Waals surface area contributed by atoms with E-state index in [1.54, 1.807) is 18.2 Å². The smallest absolute Gasteiger partial charge is 0.433 e. The van der Waals surface area contributed by atoms with E-state index >= 15 is 0 Å². The normalized spacial score (nSPS) is 23.5. The Morgan fingerprint density at radius 1 is 1.13 bits per heavy atom. The molecule has 160 valence electrons. The van der Waals surface area contributed by atoms with Gasteiger partial charge in [-0.05, 0) is 24.3 Å². The summed E-state index contributed by atoms with van der Waals surface area (Å²) >= 11 is 0.980. The summed E-state index contributed by atoms with van der Waals surface area (Å²) in [6.45, 7) is 0.204. The molecule has 4 rings (SSSR count). The van der Waals surface area contributed by atoms with Gasteiger partial charge in [0.1, 0.15) is 5.69 Å². The lowest BCUT2D eigenvalue weighted by Gasteiger charge is -2.25. The Morgan fingerprint density at radius 2 is 1.90 bits per heavy atom. The second-order valence-corrected chi connectivity index (χ2v) is 7.86. The second kappa shape index (κ2) is 8.05. The molecule has 2 saturated heterocycles. The van der Waals surface area contributed by atoms with Crippen molar-refractivity contribution in [2.75, 3.05) is 20.8 Å². The molecule has 0 amide bonds. The number of alkyl halides is 3. The molecular formula is C19H17F3N2O5S. The minimum absolute atomic E-state index is 0.0735. The Kier molecular flexibility index (Phi) is 5.60. The van der Waals surface area contributed by atoms with Gasteiger partial charge < -0.3 is 18.9 Å². The summed E-state index contributed by atoms with van der Waals surface area (Å²) in [4.78, 5) is 20.0. The first kappa shape index (κ1) is 20.9. The number of aromatic nitrogens is 2. The van der Waals surface area contributed by atoms with Gasteiger partial charge in [-0.2, -0.15) is 13.2 Å². The second-order valence-electron chi connectivity index (χ2n) is 6.66. The Labute approximate surface area is 173 Å². The molecule has 3 atom stereocenters. The Bertz CT molecular complexity index is 972. The molecule has 0 spiro atoms. The predicted molar refractivity (Wildman–Crippen MR) is 99.5 cm³/mol. The number of benzene rings is 1. The average Bonchev–Trinajstić information content (AvgIpc) is 3.17. The van der Waals surface area contributed by atoms with E-state index in [1.165, 1.54) is 14.2 Å². The van der Waals surface area contributed by atoms with Crippen molar-refractivity contribution in [3.63, 3.8) is 0 Å². The van der Waals surface area contributed by atoms with E-state index in [0.717, 1.165) is 17.8 Å². The summed E-state index contributed by atoms with van der Waals surface area (Å²) < 4.78 is 61.5. The lowest BCUT2D eigenvalue weighted by molar-refractivity contribution is -0.151. The fourth-order valence-corrected chi connectivity index (χ4v) is 4.34. The van der Waals surface area contributed by atoms with Crippen molar-refractivity contribution in [1.82, 2.24) is 9.97 Å². The molecular weight excluding hydrogens is 425 g/mol. The first-order valence-electron chi connectivity index (χ1n) is 8.93. The SMILES string of the molecule is COc1ccc(-c2cc(C(F)(F)F)nc(SC3CC(=O)C4OCC3O4)n2)cc1OC. The lowest BCUT2D eigenvalue weighted by atomic mass is 10.1. The molecule has 1 aromatic heterocycles. The minimum Gasteiger partial charge on any atom is -0.493 e. The van der Waals surface area contributed by atoms with Crippen LogP contribution in [-0.4, -0.2) is 54.2 Å². The van der Waals surface area contributed by atoms with Gasteiger partial charge in [0.15, 0.2) is 22.4 Å². The number of hydrogen-bond donors (Lipinski definition) is 0. The number of methoxy groups -OCH3 is 2.